The molecule has 2 atom stereocenters. The summed E-state index contributed by atoms with van der Waals surface area (Å²) < 4.78 is 17.7. The van der Waals surface area contributed by atoms with Gasteiger partial charge in [0.1, 0.15) is 6.61 Å². The summed E-state index contributed by atoms with van der Waals surface area (Å²) >= 11 is 0. The van der Waals surface area contributed by atoms with E-state index in [-0.39, 0.29) is 30.4 Å². The first-order valence-electron chi connectivity index (χ1n) is 25.6. The molecule has 0 aliphatic rings. The maximum absolute atomic E-state index is 11.9. The molecule has 8 heteroatoms. The number of ketones is 1. The predicted molar refractivity (Wildman–Crippen MR) is 270 cm³/mol. The Morgan fingerprint density at radius 2 is 1.11 bits per heavy atom. The molecular formula is C54H110N2O6. The highest BCUT2D eigenvalue weighted by Gasteiger charge is 2.16. The van der Waals surface area contributed by atoms with Crippen molar-refractivity contribution < 1.29 is 28.6 Å². The molecule has 0 aliphatic carbocycles. The van der Waals surface area contributed by atoms with Gasteiger partial charge in [0, 0.05) is 38.2 Å². The van der Waals surface area contributed by atoms with Gasteiger partial charge in [-0.25, -0.2) is 4.98 Å². The number of hydrogen-bond acceptors (Lipinski definition) is 7. The average molecular weight is 883 g/mol. The van der Waals surface area contributed by atoms with E-state index in [1.165, 1.54) is 70.6 Å². The lowest BCUT2D eigenvalue weighted by Gasteiger charge is -2.22. The third-order valence-corrected chi connectivity index (χ3v) is 9.27. The summed E-state index contributed by atoms with van der Waals surface area (Å²) in [5.41, 5.74) is 0.890. The van der Waals surface area contributed by atoms with Gasteiger partial charge in [-0.2, -0.15) is 0 Å². The summed E-state index contributed by atoms with van der Waals surface area (Å²) in [5.74, 6) is 1.56. The zero-order valence-corrected chi connectivity index (χ0v) is 45.0. The van der Waals surface area contributed by atoms with Crippen LogP contribution in [0.2, 0.25) is 0 Å². The molecule has 1 aromatic heterocycles. The van der Waals surface area contributed by atoms with E-state index in [9.17, 15) is 14.4 Å². The van der Waals surface area contributed by atoms with Crippen molar-refractivity contribution in [3.63, 3.8) is 0 Å². The van der Waals surface area contributed by atoms with Crippen molar-refractivity contribution in [2.75, 3.05) is 19.8 Å². The van der Waals surface area contributed by atoms with E-state index in [0.717, 1.165) is 57.4 Å². The molecule has 8 nitrogen and oxygen atoms in total. The van der Waals surface area contributed by atoms with Crippen LogP contribution in [0.1, 0.15) is 259 Å². The van der Waals surface area contributed by atoms with Crippen molar-refractivity contribution >= 4 is 17.7 Å². The minimum Gasteiger partial charge on any atom is -0.466 e. The Kier molecular flexibility index (Phi) is 55.3. The second-order valence-electron chi connectivity index (χ2n) is 19.7. The van der Waals surface area contributed by atoms with Crippen molar-refractivity contribution in [1.82, 2.24) is 9.55 Å². The summed E-state index contributed by atoms with van der Waals surface area (Å²) in [6.07, 6.45) is 28.2. The number of esters is 2. The van der Waals surface area contributed by atoms with Crippen LogP contribution in [0.4, 0.5) is 0 Å². The van der Waals surface area contributed by atoms with Crippen LogP contribution in [-0.2, 0) is 35.1 Å². The Hall–Kier alpha value is -2.22. The van der Waals surface area contributed by atoms with Gasteiger partial charge in [-0.1, -0.05) is 182 Å². The van der Waals surface area contributed by atoms with Crippen molar-refractivity contribution in [2.24, 2.45) is 22.7 Å². The number of imidazole rings is 1. The van der Waals surface area contributed by atoms with E-state index < -0.39 is 0 Å². The van der Waals surface area contributed by atoms with E-state index in [2.05, 4.69) is 116 Å². The normalized spacial score (nSPS) is 11.7. The predicted octanol–water partition coefficient (Wildman–Crippen LogP) is 16.6. The fraction of sp³-hybridized carbons (Fsp3) is 0.889. The molecule has 1 rings (SSSR count). The lowest BCUT2D eigenvalue weighted by molar-refractivity contribution is -0.144. The molecule has 0 N–H and O–H groups in total. The Balaban J connectivity index is -0.000000234. The number of aryl methyl sites for hydroxylation is 1. The fourth-order valence-electron chi connectivity index (χ4n) is 6.10. The minimum absolute atomic E-state index is 0.0551. The summed E-state index contributed by atoms with van der Waals surface area (Å²) in [6, 6.07) is 0. The smallest absolute Gasteiger partial charge is 0.305 e. The first kappa shape index (κ1) is 68.8. The molecule has 2 unspecified atom stereocenters. The van der Waals surface area contributed by atoms with Crippen LogP contribution in [0.5, 0.6) is 0 Å². The zero-order chi connectivity index (χ0) is 48.7. The van der Waals surface area contributed by atoms with Crippen LogP contribution in [0.25, 0.3) is 0 Å². The number of hydrogen-bond donors (Lipinski definition) is 0. The summed E-state index contributed by atoms with van der Waals surface area (Å²) in [6.45, 7) is 41.6. The van der Waals surface area contributed by atoms with Gasteiger partial charge in [0.2, 0.25) is 0 Å². The first-order chi connectivity index (χ1) is 29.2. The molecule has 0 radical (unpaired) electrons. The van der Waals surface area contributed by atoms with Gasteiger partial charge < -0.3 is 18.8 Å². The standard InChI is InChI=1S/C18H32N2O2.C13H26O2.C8H18.C7H14O2.2C4H10/c1-3-5-7-11-18(10-6-4-2)22-15-17(21)9-8-13-20-14-12-19-16-20;1-6-7-12(14)15-9-8-11(2)10-13(3,4)5;1-7(2)6-8(3,4)5;1-3-5-6-7(8)9-4-2;2*1-3-4-2/h12,14,16,18H,3-11,13,15H2,1-2H3;11H,6-10H2,1-5H3;7H,6H2,1-5H3;3-6H2,1-2H3;2*3-4H2,1-2H3. The molecule has 1 aromatic rings. The van der Waals surface area contributed by atoms with Gasteiger partial charge in [0.05, 0.1) is 25.6 Å². The highest BCUT2D eigenvalue weighted by atomic mass is 16.5. The molecule has 0 amide bonds. The maximum Gasteiger partial charge on any atom is 0.305 e. The Morgan fingerprint density at radius 1 is 0.581 bits per heavy atom. The third kappa shape index (κ3) is 66.9. The lowest BCUT2D eigenvalue weighted by atomic mass is 9.84. The second-order valence-corrected chi connectivity index (χ2v) is 19.7. The molecule has 0 fully saturated rings. The number of carbonyl (C=O) groups is 3. The number of unbranched alkanes of at least 4 members (excludes halogenated alkanes) is 6. The van der Waals surface area contributed by atoms with E-state index in [1.54, 1.807) is 12.5 Å². The van der Waals surface area contributed by atoms with Crippen molar-refractivity contribution in [2.45, 2.75) is 272 Å². The van der Waals surface area contributed by atoms with E-state index in [4.69, 9.17) is 14.2 Å². The molecule has 62 heavy (non-hydrogen) atoms. The SMILES string of the molecule is CC(C)CC(C)(C)C.CCCC.CCCC.CCCC(=O)OCCC(C)CC(C)(C)C.CCCCC(=O)OCC.CCCCCC(CCCC)OCC(=O)CCCn1ccnc1. The molecule has 1 heterocycles. The molecule has 0 saturated heterocycles. The van der Waals surface area contributed by atoms with Crippen LogP contribution in [-0.4, -0.2) is 53.2 Å². The van der Waals surface area contributed by atoms with Gasteiger partial charge >= 0.3 is 11.9 Å². The summed E-state index contributed by atoms with van der Waals surface area (Å²) in [4.78, 5) is 37.6. The summed E-state index contributed by atoms with van der Waals surface area (Å²) in [5, 5.41) is 0. The first-order valence-corrected chi connectivity index (χ1v) is 25.6. The van der Waals surface area contributed by atoms with Crippen LogP contribution in [0.3, 0.4) is 0 Å². The largest absolute Gasteiger partial charge is 0.466 e. The quantitative estimate of drug-likeness (QED) is 0.0641. The number of aromatic nitrogens is 2. The molecule has 0 saturated carbocycles. The van der Waals surface area contributed by atoms with E-state index in [0.29, 0.717) is 49.2 Å². The topological polar surface area (TPSA) is 96.7 Å². The lowest BCUT2D eigenvalue weighted by Crippen LogP contribution is -2.19. The Bertz CT molecular complexity index is 1030. The molecule has 0 bridgehead atoms. The molecular weight excluding hydrogens is 773 g/mol. The van der Waals surface area contributed by atoms with Crippen molar-refractivity contribution in [3.8, 4) is 0 Å². The zero-order valence-electron chi connectivity index (χ0n) is 45.0. The van der Waals surface area contributed by atoms with Gasteiger partial charge in [-0.3, -0.25) is 14.4 Å². The Labute approximate surface area is 388 Å². The van der Waals surface area contributed by atoms with Crippen LogP contribution < -0.4 is 0 Å². The second kappa shape index (κ2) is 49.8. The van der Waals surface area contributed by atoms with Crippen LogP contribution >= 0.6 is 0 Å². The monoisotopic (exact) mass is 883 g/mol. The number of ether oxygens (including phenoxy) is 3. The molecule has 0 spiro atoms. The number of rotatable bonds is 27. The number of nitrogens with zero attached hydrogens (tertiary/aromatic N) is 2. The average Bonchev–Trinajstić information content (AvgIpc) is 3.71. The van der Waals surface area contributed by atoms with Gasteiger partial charge in [0.15, 0.2) is 5.78 Å². The summed E-state index contributed by atoms with van der Waals surface area (Å²) in [7, 11) is 0. The van der Waals surface area contributed by atoms with Crippen LogP contribution in [0, 0.1) is 22.7 Å². The van der Waals surface area contributed by atoms with Crippen molar-refractivity contribution in [3.05, 3.63) is 18.7 Å². The maximum atomic E-state index is 11.9. The fourth-order valence-corrected chi connectivity index (χ4v) is 6.10. The van der Waals surface area contributed by atoms with E-state index in [1.807, 2.05) is 24.6 Å². The molecule has 0 aromatic carbocycles. The third-order valence-electron chi connectivity index (χ3n) is 9.27. The van der Waals surface area contributed by atoms with Gasteiger partial charge in [0.25, 0.3) is 0 Å². The number of carbonyl (C=O) groups excluding carboxylic acids is 3. The van der Waals surface area contributed by atoms with Gasteiger partial charge in [-0.05, 0) is 81.0 Å². The highest BCUT2D eigenvalue weighted by Crippen LogP contribution is 2.26. The van der Waals surface area contributed by atoms with Gasteiger partial charge in [-0.15, -0.1) is 0 Å². The minimum atomic E-state index is -0.0700. The molecule has 372 valence electrons. The molecule has 0 aliphatic heterocycles. The van der Waals surface area contributed by atoms with Crippen molar-refractivity contribution in [1.29, 1.82) is 0 Å². The number of Topliss-reactive ketones (excluding diaryl/α,β-unsaturated/α-hetero) is 1. The van der Waals surface area contributed by atoms with Crippen LogP contribution in [0.15, 0.2) is 18.7 Å². The highest BCUT2D eigenvalue weighted by molar-refractivity contribution is 5.79. The Morgan fingerprint density at radius 3 is 1.53 bits per heavy atom. The van der Waals surface area contributed by atoms with E-state index >= 15 is 0 Å².